The van der Waals surface area contributed by atoms with Crippen molar-refractivity contribution >= 4 is 18.3 Å². The highest BCUT2D eigenvalue weighted by Gasteiger charge is 2.01. The third-order valence-electron chi connectivity index (χ3n) is 1.48. The molecule has 0 fully saturated rings. The number of fused-ring (bicyclic) bond motifs is 1. The Morgan fingerprint density at radius 2 is 2.40 bits per heavy atom. The molecular formula is C8H7NS. The first-order valence-corrected chi connectivity index (χ1v) is 4.11. The van der Waals surface area contributed by atoms with Gasteiger partial charge in [-0.3, -0.25) is 4.99 Å². The molecule has 1 aliphatic heterocycles. The summed E-state index contributed by atoms with van der Waals surface area (Å²) >= 11 is 1.78. The van der Waals surface area contributed by atoms with E-state index in [4.69, 9.17) is 0 Å². The van der Waals surface area contributed by atoms with Crippen LogP contribution in [0, 0.1) is 0 Å². The van der Waals surface area contributed by atoms with Crippen LogP contribution in [0.5, 0.6) is 0 Å². The smallest absolute Gasteiger partial charge is 0.0898 e. The first-order valence-electron chi connectivity index (χ1n) is 3.12. The number of benzene rings is 1. The van der Waals surface area contributed by atoms with E-state index >= 15 is 0 Å². The summed E-state index contributed by atoms with van der Waals surface area (Å²) in [4.78, 5) is 5.55. The molecule has 1 aromatic rings. The minimum Gasteiger partial charge on any atom is -0.273 e. The van der Waals surface area contributed by atoms with Gasteiger partial charge in [-0.05, 0) is 17.4 Å². The van der Waals surface area contributed by atoms with Crippen LogP contribution in [0.4, 0.5) is 0 Å². The van der Waals surface area contributed by atoms with E-state index in [0.29, 0.717) is 0 Å². The van der Waals surface area contributed by atoms with Gasteiger partial charge in [0.1, 0.15) is 0 Å². The predicted octanol–water partition coefficient (Wildman–Crippen LogP) is 0.780. The number of nitrogens with zero attached hydrogens (tertiary/aromatic N) is 1. The van der Waals surface area contributed by atoms with E-state index in [1.165, 1.54) is 4.90 Å². The van der Waals surface area contributed by atoms with Crippen LogP contribution in [-0.4, -0.2) is 5.88 Å². The third kappa shape index (κ3) is 0.847. The van der Waals surface area contributed by atoms with Gasteiger partial charge in [-0.15, -0.1) is 11.8 Å². The number of hydrogen-bond acceptors (Lipinski definition) is 2. The summed E-state index contributed by atoms with van der Waals surface area (Å²) in [6.45, 7) is 3.84. The summed E-state index contributed by atoms with van der Waals surface area (Å²) in [5.74, 6) is 0.874. The SMILES string of the molecule is C=c1ccc2c(c1)SCN=2. The molecule has 0 saturated carbocycles. The lowest BCUT2D eigenvalue weighted by Gasteiger charge is -1.88. The van der Waals surface area contributed by atoms with Crippen LogP contribution in [0.3, 0.4) is 0 Å². The summed E-state index contributed by atoms with van der Waals surface area (Å²) in [5, 5.41) is 2.20. The van der Waals surface area contributed by atoms with Gasteiger partial charge in [0.05, 0.1) is 11.2 Å². The van der Waals surface area contributed by atoms with Gasteiger partial charge in [0.15, 0.2) is 0 Å². The first kappa shape index (κ1) is 5.98. The second-order valence-electron chi connectivity index (χ2n) is 2.23. The van der Waals surface area contributed by atoms with Gasteiger partial charge in [-0.25, -0.2) is 0 Å². The third-order valence-corrected chi connectivity index (χ3v) is 2.38. The number of hydrogen-bond donors (Lipinski definition) is 0. The van der Waals surface area contributed by atoms with Crippen molar-refractivity contribution in [2.24, 2.45) is 4.99 Å². The quantitative estimate of drug-likeness (QED) is 0.531. The van der Waals surface area contributed by atoms with E-state index in [-0.39, 0.29) is 0 Å². The minimum atomic E-state index is 0.874. The summed E-state index contributed by atoms with van der Waals surface area (Å²) in [5.41, 5.74) is 0. The monoisotopic (exact) mass is 149 g/mol. The molecule has 0 atom stereocenters. The molecule has 0 spiro atoms. The van der Waals surface area contributed by atoms with E-state index < -0.39 is 0 Å². The maximum atomic E-state index is 4.28. The van der Waals surface area contributed by atoms with Crippen LogP contribution in [0.1, 0.15) is 0 Å². The van der Waals surface area contributed by atoms with Gasteiger partial charge in [-0.2, -0.15) is 0 Å². The molecule has 0 radical (unpaired) electrons. The van der Waals surface area contributed by atoms with Gasteiger partial charge < -0.3 is 0 Å². The molecule has 2 heteroatoms. The Hall–Kier alpha value is -0.760. The number of rotatable bonds is 0. The van der Waals surface area contributed by atoms with Crippen molar-refractivity contribution in [2.75, 3.05) is 5.88 Å². The van der Waals surface area contributed by atoms with Crippen molar-refractivity contribution in [3.05, 3.63) is 28.8 Å². The molecule has 0 N–H and O–H groups in total. The zero-order valence-corrected chi connectivity index (χ0v) is 6.32. The topological polar surface area (TPSA) is 12.4 Å². The molecule has 2 rings (SSSR count). The molecular weight excluding hydrogens is 142 g/mol. The summed E-state index contributed by atoms with van der Waals surface area (Å²) in [6, 6.07) is 6.10. The molecule has 0 aromatic heterocycles. The highest BCUT2D eigenvalue weighted by atomic mass is 32.2. The standard InChI is InChI=1S/C8H7NS/c1-6-2-3-7-8(4-6)10-5-9-7/h2-4H,1,5H2. The van der Waals surface area contributed by atoms with Crippen molar-refractivity contribution < 1.29 is 0 Å². The molecule has 0 amide bonds. The van der Waals surface area contributed by atoms with Crippen molar-refractivity contribution in [2.45, 2.75) is 4.90 Å². The molecule has 50 valence electrons. The molecule has 10 heavy (non-hydrogen) atoms. The van der Waals surface area contributed by atoms with Gasteiger partial charge >= 0.3 is 0 Å². The van der Waals surface area contributed by atoms with Crippen LogP contribution < -0.4 is 10.6 Å². The maximum Gasteiger partial charge on any atom is 0.0898 e. The van der Waals surface area contributed by atoms with Gasteiger partial charge in [0.25, 0.3) is 0 Å². The zero-order chi connectivity index (χ0) is 6.97. The Balaban J connectivity index is 2.80. The number of thioether (sulfide) groups is 1. The van der Waals surface area contributed by atoms with Crippen LogP contribution >= 0.6 is 11.8 Å². The average Bonchev–Trinajstić information content (AvgIpc) is 2.33. The molecule has 1 nitrogen and oxygen atoms in total. The van der Waals surface area contributed by atoms with Crippen LogP contribution in [0.2, 0.25) is 0 Å². The largest absolute Gasteiger partial charge is 0.273 e. The summed E-state index contributed by atoms with van der Waals surface area (Å²) in [6.07, 6.45) is 0. The molecule has 0 unspecified atom stereocenters. The Morgan fingerprint density at radius 3 is 3.30 bits per heavy atom. The van der Waals surface area contributed by atoms with E-state index in [2.05, 4.69) is 17.6 Å². The van der Waals surface area contributed by atoms with Gasteiger partial charge in [-0.1, -0.05) is 12.6 Å². The van der Waals surface area contributed by atoms with E-state index in [1.807, 2.05) is 12.1 Å². The zero-order valence-electron chi connectivity index (χ0n) is 5.50. The lowest BCUT2D eigenvalue weighted by Crippen LogP contribution is -2.06. The highest BCUT2D eigenvalue weighted by molar-refractivity contribution is 7.99. The second kappa shape index (κ2) is 2.13. The highest BCUT2D eigenvalue weighted by Crippen LogP contribution is 2.15. The van der Waals surface area contributed by atoms with E-state index in [1.54, 1.807) is 11.8 Å². The maximum absolute atomic E-state index is 4.28. The predicted molar refractivity (Wildman–Crippen MR) is 43.5 cm³/mol. The van der Waals surface area contributed by atoms with Crippen molar-refractivity contribution in [3.63, 3.8) is 0 Å². The first-order chi connectivity index (χ1) is 4.86. The van der Waals surface area contributed by atoms with Gasteiger partial charge in [0, 0.05) is 4.90 Å². The normalized spacial score (nSPS) is 14.4. The minimum absolute atomic E-state index is 0.874. The average molecular weight is 149 g/mol. The van der Waals surface area contributed by atoms with E-state index in [0.717, 1.165) is 16.5 Å². The Kier molecular flexibility index (Phi) is 1.27. The molecule has 0 saturated heterocycles. The lowest BCUT2D eigenvalue weighted by atomic mass is 10.3. The molecule has 1 heterocycles. The van der Waals surface area contributed by atoms with Crippen LogP contribution in [-0.2, 0) is 0 Å². The fraction of sp³-hybridized carbons (Fsp3) is 0.125. The summed E-state index contributed by atoms with van der Waals surface area (Å²) < 4.78 is 0. The van der Waals surface area contributed by atoms with E-state index in [9.17, 15) is 0 Å². The fourth-order valence-corrected chi connectivity index (χ4v) is 1.83. The van der Waals surface area contributed by atoms with Crippen molar-refractivity contribution in [1.82, 2.24) is 0 Å². The Bertz CT molecular complexity index is 356. The second-order valence-corrected chi connectivity index (χ2v) is 3.22. The Morgan fingerprint density at radius 1 is 1.50 bits per heavy atom. The molecule has 1 aliphatic rings. The van der Waals surface area contributed by atoms with Crippen molar-refractivity contribution in [3.8, 4) is 0 Å². The van der Waals surface area contributed by atoms with Crippen molar-refractivity contribution in [1.29, 1.82) is 0 Å². The molecule has 1 aromatic carbocycles. The molecule has 0 aliphatic carbocycles. The van der Waals surface area contributed by atoms with Gasteiger partial charge in [0.2, 0.25) is 0 Å². The van der Waals surface area contributed by atoms with Crippen LogP contribution in [0.25, 0.3) is 6.58 Å². The lowest BCUT2D eigenvalue weighted by molar-refractivity contribution is 1.21. The molecule has 0 bridgehead atoms. The Labute approximate surface area is 63.5 Å². The fourth-order valence-electron chi connectivity index (χ4n) is 0.976. The van der Waals surface area contributed by atoms with Crippen LogP contribution in [0.15, 0.2) is 28.1 Å². The summed E-state index contributed by atoms with van der Waals surface area (Å²) in [7, 11) is 0.